The van der Waals surface area contributed by atoms with Gasteiger partial charge in [0.25, 0.3) is 0 Å². The van der Waals surface area contributed by atoms with E-state index >= 15 is 0 Å². The summed E-state index contributed by atoms with van der Waals surface area (Å²) in [5, 5.41) is 9.15. The predicted octanol–water partition coefficient (Wildman–Crippen LogP) is 2.20. The summed E-state index contributed by atoms with van der Waals surface area (Å²) in [5.41, 5.74) is 0.646. The molecular formula is C16H17N3O4. The number of hydrogen-bond donors (Lipinski definition) is 2. The fourth-order valence-corrected chi connectivity index (χ4v) is 2.35. The minimum Gasteiger partial charge on any atom is -0.497 e. The number of carbonyl (C=O) groups excluding carboxylic acids is 2. The standard InChI is InChI=1S/C16H17N3O4/c1-9-6-14(19-23-9)18-16(21)13-8-12(13)15(20)17-10-4-3-5-11(7-10)22-2/h3-7,12-13H,8H2,1-2H3,(H,17,20)(H,18,19,21). The molecule has 2 N–H and O–H groups in total. The van der Waals surface area contributed by atoms with Crippen LogP contribution in [0.1, 0.15) is 12.2 Å². The van der Waals surface area contributed by atoms with Crippen molar-refractivity contribution in [2.75, 3.05) is 17.7 Å². The summed E-state index contributed by atoms with van der Waals surface area (Å²) in [6.45, 7) is 1.74. The van der Waals surface area contributed by atoms with Crippen molar-refractivity contribution in [3.8, 4) is 5.75 Å². The molecule has 0 radical (unpaired) electrons. The Morgan fingerprint density at radius 1 is 1.22 bits per heavy atom. The van der Waals surface area contributed by atoms with Gasteiger partial charge in [0, 0.05) is 17.8 Å². The van der Waals surface area contributed by atoms with E-state index in [-0.39, 0.29) is 23.7 Å². The summed E-state index contributed by atoms with van der Waals surface area (Å²) < 4.78 is 9.99. The van der Waals surface area contributed by atoms with E-state index in [9.17, 15) is 9.59 Å². The highest BCUT2D eigenvalue weighted by Gasteiger charge is 2.48. The van der Waals surface area contributed by atoms with Gasteiger partial charge >= 0.3 is 0 Å². The van der Waals surface area contributed by atoms with Gasteiger partial charge in [-0.25, -0.2) is 0 Å². The average Bonchev–Trinajstić information content (AvgIpc) is 3.25. The quantitative estimate of drug-likeness (QED) is 0.882. The smallest absolute Gasteiger partial charge is 0.229 e. The van der Waals surface area contributed by atoms with Gasteiger partial charge < -0.3 is 19.9 Å². The monoisotopic (exact) mass is 315 g/mol. The third-order valence-corrected chi connectivity index (χ3v) is 3.68. The Hall–Kier alpha value is -2.83. The zero-order chi connectivity index (χ0) is 16.4. The Balaban J connectivity index is 1.54. The Morgan fingerprint density at radius 2 is 1.96 bits per heavy atom. The normalized spacial score (nSPS) is 19.0. The number of amides is 2. The number of rotatable bonds is 5. The highest BCUT2D eigenvalue weighted by atomic mass is 16.5. The lowest BCUT2D eigenvalue weighted by molar-refractivity contribution is -0.122. The molecule has 23 heavy (non-hydrogen) atoms. The number of aryl methyl sites for hydroxylation is 1. The van der Waals surface area contributed by atoms with E-state index in [1.165, 1.54) is 0 Å². The first-order chi connectivity index (χ1) is 11.1. The molecule has 0 spiro atoms. The number of carbonyl (C=O) groups is 2. The molecule has 1 aromatic heterocycles. The molecule has 2 atom stereocenters. The van der Waals surface area contributed by atoms with Crippen LogP contribution in [0.5, 0.6) is 5.75 Å². The van der Waals surface area contributed by atoms with Gasteiger partial charge in [-0.1, -0.05) is 11.2 Å². The molecule has 1 saturated carbocycles. The summed E-state index contributed by atoms with van der Waals surface area (Å²) in [7, 11) is 1.56. The van der Waals surface area contributed by atoms with Crippen molar-refractivity contribution in [1.29, 1.82) is 0 Å². The molecule has 3 rings (SSSR count). The molecule has 7 heteroatoms. The van der Waals surface area contributed by atoms with Crippen LogP contribution in [-0.2, 0) is 9.59 Å². The third-order valence-electron chi connectivity index (χ3n) is 3.68. The maximum absolute atomic E-state index is 12.2. The molecular weight excluding hydrogens is 298 g/mol. The van der Waals surface area contributed by atoms with Crippen LogP contribution >= 0.6 is 0 Å². The highest BCUT2D eigenvalue weighted by Crippen LogP contribution is 2.40. The fourth-order valence-electron chi connectivity index (χ4n) is 2.35. The maximum atomic E-state index is 12.2. The summed E-state index contributed by atoms with van der Waals surface area (Å²) in [6, 6.07) is 8.72. The first-order valence-corrected chi connectivity index (χ1v) is 7.26. The SMILES string of the molecule is COc1cccc(NC(=O)C2CC2C(=O)Nc2cc(C)on2)c1. The number of nitrogens with one attached hydrogen (secondary N) is 2. The molecule has 1 aliphatic rings. The second-order valence-corrected chi connectivity index (χ2v) is 5.48. The molecule has 2 amide bonds. The van der Waals surface area contributed by atoms with Crippen molar-refractivity contribution in [1.82, 2.24) is 5.16 Å². The van der Waals surface area contributed by atoms with Crippen molar-refractivity contribution >= 4 is 23.3 Å². The van der Waals surface area contributed by atoms with E-state index in [0.29, 0.717) is 29.4 Å². The second kappa shape index (κ2) is 6.12. The van der Waals surface area contributed by atoms with Crippen LogP contribution in [0.2, 0.25) is 0 Å². The molecule has 0 saturated heterocycles. The van der Waals surface area contributed by atoms with Gasteiger partial charge in [-0.15, -0.1) is 0 Å². The Labute approximate surface area is 133 Å². The van der Waals surface area contributed by atoms with E-state index in [2.05, 4.69) is 15.8 Å². The van der Waals surface area contributed by atoms with Crippen molar-refractivity contribution in [3.05, 3.63) is 36.1 Å². The topological polar surface area (TPSA) is 93.5 Å². The molecule has 1 aliphatic carbocycles. The number of aromatic nitrogens is 1. The lowest BCUT2D eigenvalue weighted by Crippen LogP contribution is -2.20. The number of methoxy groups -OCH3 is 1. The molecule has 1 heterocycles. The first-order valence-electron chi connectivity index (χ1n) is 7.26. The Morgan fingerprint density at radius 3 is 2.61 bits per heavy atom. The van der Waals surface area contributed by atoms with Gasteiger partial charge in [0.15, 0.2) is 5.82 Å². The van der Waals surface area contributed by atoms with Crippen molar-refractivity contribution in [2.24, 2.45) is 11.8 Å². The van der Waals surface area contributed by atoms with Crippen molar-refractivity contribution < 1.29 is 18.8 Å². The Kier molecular flexibility index (Phi) is 4.01. The zero-order valence-corrected chi connectivity index (χ0v) is 12.8. The summed E-state index contributed by atoms with van der Waals surface area (Å²) in [4.78, 5) is 24.2. The van der Waals surface area contributed by atoms with E-state index < -0.39 is 0 Å². The van der Waals surface area contributed by atoms with Gasteiger partial charge in [0.1, 0.15) is 11.5 Å². The van der Waals surface area contributed by atoms with E-state index in [0.717, 1.165) is 0 Å². The minimum atomic E-state index is -0.336. The minimum absolute atomic E-state index is 0.172. The molecule has 2 unspecified atom stereocenters. The number of nitrogens with zero attached hydrogens (tertiary/aromatic N) is 1. The summed E-state index contributed by atoms with van der Waals surface area (Å²) >= 11 is 0. The molecule has 0 aliphatic heterocycles. The van der Waals surface area contributed by atoms with Gasteiger partial charge in [-0.3, -0.25) is 9.59 Å². The maximum Gasteiger partial charge on any atom is 0.229 e. The van der Waals surface area contributed by atoms with E-state index in [1.807, 2.05) is 0 Å². The van der Waals surface area contributed by atoms with E-state index in [4.69, 9.17) is 9.26 Å². The van der Waals surface area contributed by atoms with Crippen molar-refractivity contribution in [3.63, 3.8) is 0 Å². The van der Waals surface area contributed by atoms with Crippen LogP contribution in [0.3, 0.4) is 0 Å². The van der Waals surface area contributed by atoms with E-state index in [1.54, 1.807) is 44.4 Å². The second-order valence-electron chi connectivity index (χ2n) is 5.48. The lowest BCUT2D eigenvalue weighted by Gasteiger charge is -2.06. The van der Waals surface area contributed by atoms with Crippen molar-refractivity contribution in [2.45, 2.75) is 13.3 Å². The zero-order valence-electron chi connectivity index (χ0n) is 12.8. The largest absolute Gasteiger partial charge is 0.497 e. The Bertz CT molecular complexity index is 740. The summed E-state index contributed by atoms with van der Waals surface area (Å²) in [5.74, 6) is 0.592. The van der Waals surface area contributed by atoms with Gasteiger partial charge in [-0.2, -0.15) is 0 Å². The average molecular weight is 315 g/mol. The number of anilines is 2. The van der Waals surface area contributed by atoms with Crippen LogP contribution in [-0.4, -0.2) is 24.1 Å². The van der Waals surface area contributed by atoms with Crippen LogP contribution < -0.4 is 15.4 Å². The fraction of sp³-hybridized carbons (Fsp3) is 0.312. The molecule has 2 aromatic rings. The van der Waals surface area contributed by atoms with Crippen LogP contribution in [0, 0.1) is 18.8 Å². The first kappa shape index (κ1) is 15.1. The third kappa shape index (κ3) is 3.50. The van der Waals surface area contributed by atoms with Crippen LogP contribution in [0.25, 0.3) is 0 Å². The molecule has 1 aromatic carbocycles. The molecule has 0 bridgehead atoms. The van der Waals surface area contributed by atoms with Gasteiger partial charge in [0.2, 0.25) is 11.8 Å². The lowest BCUT2D eigenvalue weighted by atomic mass is 10.2. The highest BCUT2D eigenvalue weighted by molar-refractivity contribution is 6.03. The number of benzene rings is 1. The number of ether oxygens (including phenoxy) is 1. The van der Waals surface area contributed by atoms with Gasteiger partial charge in [-0.05, 0) is 25.5 Å². The molecule has 7 nitrogen and oxygen atoms in total. The number of hydrogen-bond acceptors (Lipinski definition) is 5. The molecule has 120 valence electrons. The molecule has 1 fully saturated rings. The predicted molar refractivity (Wildman–Crippen MR) is 83.1 cm³/mol. The van der Waals surface area contributed by atoms with Gasteiger partial charge in [0.05, 0.1) is 18.9 Å². The summed E-state index contributed by atoms with van der Waals surface area (Å²) in [6.07, 6.45) is 0.526. The van der Waals surface area contributed by atoms with Crippen LogP contribution in [0.4, 0.5) is 11.5 Å². The van der Waals surface area contributed by atoms with Crippen LogP contribution in [0.15, 0.2) is 34.9 Å².